The van der Waals surface area contributed by atoms with Gasteiger partial charge in [0, 0.05) is 23.7 Å². The summed E-state index contributed by atoms with van der Waals surface area (Å²) in [5, 5.41) is 7.84. The first-order valence-electron chi connectivity index (χ1n) is 9.60. The highest BCUT2D eigenvalue weighted by atomic mass is 19.1. The zero-order valence-electron chi connectivity index (χ0n) is 16.4. The summed E-state index contributed by atoms with van der Waals surface area (Å²) in [5.74, 6) is 0.476. The molecule has 0 aliphatic rings. The Balaban J connectivity index is 1.34. The predicted molar refractivity (Wildman–Crippen MR) is 111 cm³/mol. The van der Waals surface area contributed by atoms with Gasteiger partial charge in [-0.05, 0) is 49.7 Å². The van der Waals surface area contributed by atoms with E-state index in [0.29, 0.717) is 47.9 Å². The number of amides is 1. The minimum absolute atomic E-state index is 0.292. The smallest absolute Gasteiger partial charge is 0.257 e. The molecule has 4 rings (SSSR count). The lowest BCUT2D eigenvalue weighted by Crippen LogP contribution is -2.26. The first kappa shape index (κ1) is 19.6. The van der Waals surface area contributed by atoms with Gasteiger partial charge in [-0.1, -0.05) is 23.4 Å². The summed E-state index contributed by atoms with van der Waals surface area (Å²) in [4.78, 5) is 17.0. The molecule has 0 unspecified atom stereocenters. The summed E-state index contributed by atoms with van der Waals surface area (Å²) in [6.45, 7) is 2.53. The van der Waals surface area contributed by atoms with Crippen LogP contribution in [-0.2, 0) is 0 Å². The maximum atomic E-state index is 13.2. The summed E-state index contributed by atoms with van der Waals surface area (Å²) in [7, 11) is 0. The van der Waals surface area contributed by atoms with Crippen molar-refractivity contribution in [3.63, 3.8) is 0 Å². The van der Waals surface area contributed by atoms with Crippen molar-refractivity contribution in [2.24, 2.45) is 0 Å². The van der Waals surface area contributed by atoms with Crippen LogP contribution in [0, 0.1) is 12.7 Å². The number of para-hydroxylation sites is 1. The number of hydrogen-bond acceptors (Lipinski definition) is 5. The van der Waals surface area contributed by atoms with Crippen LogP contribution in [0.25, 0.3) is 22.2 Å². The van der Waals surface area contributed by atoms with Gasteiger partial charge >= 0.3 is 0 Å². The molecule has 0 saturated carbocycles. The van der Waals surface area contributed by atoms with E-state index in [2.05, 4.69) is 15.5 Å². The van der Waals surface area contributed by atoms with E-state index in [-0.39, 0.29) is 11.7 Å². The van der Waals surface area contributed by atoms with Gasteiger partial charge in [0.15, 0.2) is 0 Å². The molecule has 0 aliphatic carbocycles. The average molecular weight is 405 g/mol. The number of halogens is 1. The van der Waals surface area contributed by atoms with Gasteiger partial charge in [0.25, 0.3) is 5.91 Å². The van der Waals surface area contributed by atoms with Crippen LogP contribution in [0.1, 0.15) is 22.5 Å². The third-order valence-electron chi connectivity index (χ3n) is 4.67. The number of benzene rings is 2. The van der Waals surface area contributed by atoms with Gasteiger partial charge in [-0.25, -0.2) is 4.39 Å². The molecule has 0 spiro atoms. The highest BCUT2D eigenvalue weighted by molar-refractivity contribution is 6.00. The molecule has 0 radical (unpaired) electrons. The van der Waals surface area contributed by atoms with Crippen molar-refractivity contribution in [1.29, 1.82) is 0 Å². The molecule has 0 fully saturated rings. The topological polar surface area (TPSA) is 77.2 Å². The zero-order valence-corrected chi connectivity index (χ0v) is 16.4. The molecule has 2 heterocycles. The third-order valence-corrected chi connectivity index (χ3v) is 4.67. The number of carbonyl (C=O) groups excluding carboxylic acids is 1. The SMILES string of the molecule is Cc1onc(-c2ccc(F)cc2)c1C(=O)NCCCOc1cccc2cccnc12. The first-order chi connectivity index (χ1) is 14.6. The van der Waals surface area contributed by atoms with Crippen molar-refractivity contribution in [2.45, 2.75) is 13.3 Å². The van der Waals surface area contributed by atoms with Gasteiger partial charge in [0.2, 0.25) is 0 Å². The minimum atomic E-state index is -0.355. The molecule has 4 aromatic rings. The van der Waals surface area contributed by atoms with Crippen molar-refractivity contribution in [1.82, 2.24) is 15.5 Å². The quantitative estimate of drug-likeness (QED) is 0.457. The molecule has 30 heavy (non-hydrogen) atoms. The highest BCUT2D eigenvalue weighted by Crippen LogP contribution is 2.25. The second-order valence-corrected chi connectivity index (χ2v) is 6.76. The number of rotatable bonds is 7. The van der Waals surface area contributed by atoms with Crippen molar-refractivity contribution >= 4 is 16.8 Å². The van der Waals surface area contributed by atoms with Crippen LogP contribution in [-0.4, -0.2) is 29.2 Å². The zero-order chi connectivity index (χ0) is 20.9. The van der Waals surface area contributed by atoms with Gasteiger partial charge in [-0.15, -0.1) is 0 Å². The van der Waals surface area contributed by atoms with Crippen LogP contribution in [0.2, 0.25) is 0 Å². The van der Waals surface area contributed by atoms with Crippen molar-refractivity contribution in [3.8, 4) is 17.0 Å². The van der Waals surface area contributed by atoms with Crippen LogP contribution in [0.15, 0.2) is 65.3 Å². The Morgan fingerprint density at radius 1 is 1.13 bits per heavy atom. The lowest BCUT2D eigenvalue weighted by molar-refractivity contribution is 0.0950. The van der Waals surface area contributed by atoms with E-state index in [4.69, 9.17) is 9.26 Å². The van der Waals surface area contributed by atoms with E-state index in [1.165, 1.54) is 12.1 Å². The van der Waals surface area contributed by atoms with Gasteiger partial charge in [-0.3, -0.25) is 9.78 Å². The van der Waals surface area contributed by atoms with Crippen molar-refractivity contribution in [2.75, 3.05) is 13.2 Å². The largest absolute Gasteiger partial charge is 0.491 e. The Kier molecular flexibility index (Phi) is 5.70. The first-order valence-corrected chi connectivity index (χ1v) is 9.60. The molecule has 0 bridgehead atoms. The standard InChI is InChI=1S/C23H20FN3O3/c1-15-20(22(27-30-15)17-8-10-18(24)11-9-17)23(28)26-13-4-14-29-19-7-2-5-16-6-3-12-25-21(16)19/h2-3,5-12H,4,13-14H2,1H3,(H,26,28). The minimum Gasteiger partial charge on any atom is -0.491 e. The van der Waals surface area contributed by atoms with E-state index in [0.717, 1.165) is 10.9 Å². The number of aromatic nitrogens is 2. The Hall–Kier alpha value is -3.74. The number of ether oxygens (including phenoxy) is 1. The predicted octanol–water partition coefficient (Wildman–Crippen LogP) is 4.54. The lowest BCUT2D eigenvalue weighted by atomic mass is 10.1. The van der Waals surface area contributed by atoms with E-state index < -0.39 is 0 Å². The Morgan fingerprint density at radius 3 is 2.77 bits per heavy atom. The van der Waals surface area contributed by atoms with E-state index >= 15 is 0 Å². The number of aryl methyl sites for hydroxylation is 1. The normalized spacial score (nSPS) is 10.9. The van der Waals surface area contributed by atoms with Gasteiger partial charge in [0.05, 0.1) is 6.61 Å². The fourth-order valence-electron chi connectivity index (χ4n) is 3.18. The summed E-state index contributed by atoms with van der Waals surface area (Å²) >= 11 is 0. The second kappa shape index (κ2) is 8.73. The molecule has 2 aromatic carbocycles. The van der Waals surface area contributed by atoms with Crippen LogP contribution < -0.4 is 10.1 Å². The van der Waals surface area contributed by atoms with Crippen LogP contribution in [0.5, 0.6) is 5.75 Å². The second-order valence-electron chi connectivity index (χ2n) is 6.76. The summed E-state index contributed by atoms with van der Waals surface area (Å²) in [6, 6.07) is 15.4. The molecule has 152 valence electrons. The molecular weight excluding hydrogens is 385 g/mol. The van der Waals surface area contributed by atoms with E-state index in [1.807, 2.05) is 30.3 Å². The Bertz CT molecular complexity index is 1170. The fourth-order valence-corrected chi connectivity index (χ4v) is 3.18. The Morgan fingerprint density at radius 2 is 1.93 bits per heavy atom. The number of hydrogen-bond donors (Lipinski definition) is 1. The third kappa shape index (κ3) is 4.15. The average Bonchev–Trinajstić information content (AvgIpc) is 3.15. The summed E-state index contributed by atoms with van der Waals surface area (Å²) in [6.07, 6.45) is 2.35. The molecular formula is C23H20FN3O3. The Labute approximate surface area is 172 Å². The number of fused-ring (bicyclic) bond motifs is 1. The summed E-state index contributed by atoms with van der Waals surface area (Å²) in [5.41, 5.74) is 2.17. The molecule has 2 aromatic heterocycles. The highest BCUT2D eigenvalue weighted by Gasteiger charge is 2.21. The molecule has 1 amide bonds. The van der Waals surface area contributed by atoms with Crippen molar-refractivity contribution in [3.05, 3.63) is 77.9 Å². The van der Waals surface area contributed by atoms with E-state index in [1.54, 1.807) is 25.3 Å². The number of nitrogens with one attached hydrogen (secondary N) is 1. The maximum absolute atomic E-state index is 13.2. The fraction of sp³-hybridized carbons (Fsp3) is 0.174. The number of carbonyl (C=O) groups is 1. The lowest BCUT2D eigenvalue weighted by Gasteiger charge is -2.09. The van der Waals surface area contributed by atoms with E-state index in [9.17, 15) is 9.18 Å². The number of pyridine rings is 1. The molecule has 1 N–H and O–H groups in total. The monoisotopic (exact) mass is 405 g/mol. The van der Waals surface area contributed by atoms with Crippen LogP contribution in [0.3, 0.4) is 0 Å². The van der Waals surface area contributed by atoms with Gasteiger partial charge in [-0.2, -0.15) is 0 Å². The molecule has 6 nitrogen and oxygen atoms in total. The van der Waals surface area contributed by atoms with Gasteiger partial charge in [0.1, 0.15) is 34.1 Å². The molecule has 7 heteroatoms. The summed E-state index contributed by atoms with van der Waals surface area (Å²) < 4.78 is 24.2. The molecule has 0 atom stereocenters. The van der Waals surface area contributed by atoms with Crippen LogP contribution >= 0.6 is 0 Å². The van der Waals surface area contributed by atoms with Gasteiger partial charge < -0.3 is 14.6 Å². The van der Waals surface area contributed by atoms with Crippen molar-refractivity contribution < 1.29 is 18.4 Å². The molecule has 0 aliphatic heterocycles. The maximum Gasteiger partial charge on any atom is 0.257 e. The van der Waals surface area contributed by atoms with Crippen LogP contribution in [0.4, 0.5) is 4.39 Å². The molecule has 0 saturated heterocycles. The number of nitrogens with zero attached hydrogens (tertiary/aromatic N) is 2.